The van der Waals surface area contributed by atoms with E-state index >= 15 is 0 Å². The van der Waals surface area contributed by atoms with Crippen molar-refractivity contribution in [1.29, 1.82) is 0 Å². The third-order valence-electron chi connectivity index (χ3n) is 2.99. The second kappa shape index (κ2) is 6.40. The number of amides is 1. The molecule has 3 rings (SSSR count). The summed E-state index contributed by atoms with van der Waals surface area (Å²) in [5, 5.41) is 8.84. The first-order valence-corrected chi connectivity index (χ1v) is 7.56. The van der Waals surface area contributed by atoms with Crippen LogP contribution in [0.5, 0.6) is 0 Å². The highest BCUT2D eigenvalue weighted by atomic mass is 32.1. The maximum atomic E-state index is 11.8. The second-order valence-electron chi connectivity index (χ2n) is 4.49. The first-order chi connectivity index (χ1) is 10.7. The van der Waals surface area contributed by atoms with Gasteiger partial charge in [0.1, 0.15) is 5.69 Å². The lowest BCUT2D eigenvalue weighted by Crippen LogP contribution is -2.31. The number of hydrogen-bond acceptors (Lipinski definition) is 5. The Bertz CT molecular complexity index is 807. The van der Waals surface area contributed by atoms with Gasteiger partial charge in [-0.25, -0.2) is 4.68 Å². The minimum Gasteiger partial charge on any atom is -0.463 e. The molecule has 0 aliphatic carbocycles. The molecule has 112 valence electrons. The molecule has 1 N–H and O–H groups in total. The number of nitrogens with one attached hydrogen (secondary N) is 1. The van der Waals surface area contributed by atoms with Gasteiger partial charge >= 0.3 is 0 Å². The van der Waals surface area contributed by atoms with Crippen LogP contribution in [0.4, 0.5) is 0 Å². The van der Waals surface area contributed by atoms with E-state index in [1.54, 1.807) is 30.5 Å². The van der Waals surface area contributed by atoms with Gasteiger partial charge in [-0.2, -0.15) is 5.10 Å². The number of nitrogens with zero attached hydrogens (tertiary/aromatic N) is 2. The highest BCUT2D eigenvalue weighted by molar-refractivity contribution is 7.12. The normalized spacial score (nSPS) is 10.5. The Labute approximate surface area is 130 Å². The average Bonchev–Trinajstić information content (AvgIpc) is 3.22. The standard InChI is InChI=1S/C15H13N3O3S/c19-14-6-5-11(12-3-1-9-21-12)17-18(14)8-7-16-15(20)13-4-2-10-22-13/h1-6,9-10H,7-8H2,(H,16,20). The Kier molecular flexibility index (Phi) is 4.15. The molecule has 0 bridgehead atoms. The number of carbonyl (C=O) groups is 1. The zero-order valence-corrected chi connectivity index (χ0v) is 12.4. The zero-order valence-electron chi connectivity index (χ0n) is 11.6. The van der Waals surface area contributed by atoms with Crippen molar-refractivity contribution in [3.8, 4) is 11.5 Å². The van der Waals surface area contributed by atoms with E-state index in [2.05, 4.69) is 10.4 Å². The monoisotopic (exact) mass is 315 g/mol. The summed E-state index contributed by atoms with van der Waals surface area (Å²) in [5.41, 5.74) is 0.356. The van der Waals surface area contributed by atoms with E-state index in [1.807, 2.05) is 11.4 Å². The van der Waals surface area contributed by atoms with Crippen molar-refractivity contribution in [3.05, 3.63) is 63.3 Å². The maximum Gasteiger partial charge on any atom is 0.266 e. The predicted octanol–water partition coefficient (Wildman–Crippen LogP) is 1.99. The molecule has 3 aromatic rings. The van der Waals surface area contributed by atoms with Crippen LogP contribution < -0.4 is 10.9 Å². The first-order valence-electron chi connectivity index (χ1n) is 6.68. The van der Waals surface area contributed by atoms with Gasteiger partial charge in [0.25, 0.3) is 11.5 Å². The van der Waals surface area contributed by atoms with Gasteiger partial charge in [-0.3, -0.25) is 9.59 Å². The molecule has 0 saturated heterocycles. The van der Waals surface area contributed by atoms with Gasteiger partial charge in [-0.15, -0.1) is 11.3 Å². The Balaban J connectivity index is 1.66. The SMILES string of the molecule is O=C(NCCn1nc(-c2ccco2)ccc1=O)c1cccs1. The van der Waals surface area contributed by atoms with Crippen molar-refractivity contribution < 1.29 is 9.21 Å². The molecule has 0 aliphatic heterocycles. The van der Waals surface area contributed by atoms with Crippen LogP contribution in [0.3, 0.4) is 0 Å². The molecule has 6 nitrogen and oxygen atoms in total. The van der Waals surface area contributed by atoms with Crippen molar-refractivity contribution in [1.82, 2.24) is 15.1 Å². The molecule has 0 fully saturated rings. The lowest BCUT2D eigenvalue weighted by molar-refractivity contribution is 0.0956. The Hall–Kier alpha value is -2.67. The van der Waals surface area contributed by atoms with Gasteiger partial charge in [-0.1, -0.05) is 6.07 Å². The van der Waals surface area contributed by atoms with Crippen LogP contribution in [0, 0.1) is 0 Å². The summed E-state index contributed by atoms with van der Waals surface area (Å²) in [6, 6.07) is 10.2. The van der Waals surface area contributed by atoms with E-state index in [4.69, 9.17) is 4.42 Å². The molecular weight excluding hydrogens is 302 g/mol. The lowest BCUT2D eigenvalue weighted by Gasteiger charge is -2.07. The Morgan fingerprint density at radius 2 is 2.18 bits per heavy atom. The predicted molar refractivity (Wildman–Crippen MR) is 82.9 cm³/mol. The van der Waals surface area contributed by atoms with Gasteiger partial charge in [-0.05, 0) is 29.6 Å². The van der Waals surface area contributed by atoms with E-state index in [0.717, 1.165) is 0 Å². The zero-order chi connectivity index (χ0) is 15.4. The second-order valence-corrected chi connectivity index (χ2v) is 5.44. The highest BCUT2D eigenvalue weighted by Crippen LogP contribution is 2.14. The Morgan fingerprint density at radius 1 is 1.27 bits per heavy atom. The van der Waals surface area contributed by atoms with Crippen molar-refractivity contribution in [2.24, 2.45) is 0 Å². The van der Waals surface area contributed by atoms with Crippen molar-refractivity contribution in [2.75, 3.05) is 6.54 Å². The van der Waals surface area contributed by atoms with Crippen LogP contribution in [0.15, 0.2) is 57.3 Å². The molecular formula is C15H13N3O3S. The van der Waals surface area contributed by atoms with E-state index in [0.29, 0.717) is 29.4 Å². The van der Waals surface area contributed by atoms with Gasteiger partial charge in [0.05, 0.1) is 17.7 Å². The lowest BCUT2D eigenvalue weighted by atomic mass is 10.3. The summed E-state index contributed by atoms with van der Waals surface area (Å²) in [6.45, 7) is 0.621. The molecule has 22 heavy (non-hydrogen) atoms. The van der Waals surface area contributed by atoms with Crippen LogP contribution in [0.25, 0.3) is 11.5 Å². The largest absolute Gasteiger partial charge is 0.463 e. The summed E-state index contributed by atoms with van der Waals surface area (Å²) in [6.07, 6.45) is 1.55. The molecule has 3 heterocycles. The van der Waals surface area contributed by atoms with Gasteiger partial charge in [0.15, 0.2) is 5.76 Å². The fourth-order valence-corrected chi connectivity index (χ4v) is 2.58. The summed E-state index contributed by atoms with van der Waals surface area (Å²) in [5.74, 6) is 0.446. The molecule has 0 spiro atoms. The minimum absolute atomic E-state index is 0.148. The number of rotatable bonds is 5. The molecule has 0 aromatic carbocycles. The molecule has 0 atom stereocenters. The fraction of sp³-hybridized carbons (Fsp3) is 0.133. The van der Waals surface area contributed by atoms with Gasteiger partial charge in [0.2, 0.25) is 0 Å². The van der Waals surface area contributed by atoms with Crippen LogP contribution in [0.2, 0.25) is 0 Å². The molecule has 0 saturated carbocycles. The van der Waals surface area contributed by atoms with Crippen LogP contribution in [-0.2, 0) is 6.54 Å². The number of thiophene rings is 1. The topological polar surface area (TPSA) is 77.1 Å². The van der Waals surface area contributed by atoms with Crippen LogP contribution in [0.1, 0.15) is 9.67 Å². The molecule has 0 unspecified atom stereocenters. The van der Waals surface area contributed by atoms with Gasteiger partial charge in [0, 0.05) is 12.6 Å². The molecule has 3 aromatic heterocycles. The van der Waals surface area contributed by atoms with Crippen molar-refractivity contribution in [3.63, 3.8) is 0 Å². The summed E-state index contributed by atoms with van der Waals surface area (Å²) in [4.78, 5) is 24.3. The van der Waals surface area contributed by atoms with Gasteiger partial charge < -0.3 is 9.73 Å². The molecule has 0 radical (unpaired) electrons. The quantitative estimate of drug-likeness (QED) is 0.781. The highest BCUT2D eigenvalue weighted by Gasteiger charge is 2.08. The summed E-state index contributed by atoms with van der Waals surface area (Å²) >= 11 is 1.37. The molecule has 0 aliphatic rings. The van der Waals surface area contributed by atoms with E-state index in [9.17, 15) is 9.59 Å². The third kappa shape index (κ3) is 3.15. The smallest absolute Gasteiger partial charge is 0.266 e. The maximum absolute atomic E-state index is 11.8. The fourth-order valence-electron chi connectivity index (χ4n) is 1.94. The minimum atomic E-state index is -0.222. The number of aromatic nitrogens is 2. The van der Waals surface area contributed by atoms with Crippen LogP contribution >= 0.6 is 11.3 Å². The van der Waals surface area contributed by atoms with E-state index in [1.165, 1.54) is 22.1 Å². The van der Waals surface area contributed by atoms with E-state index in [-0.39, 0.29) is 11.5 Å². The van der Waals surface area contributed by atoms with Crippen molar-refractivity contribution >= 4 is 17.2 Å². The summed E-state index contributed by atoms with van der Waals surface area (Å²) < 4.78 is 6.57. The molecule has 1 amide bonds. The average molecular weight is 315 g/mol. The van der Waals surface area contributed by atoms with Crippen molar-refractivity contribution in [2.45, 2.75) is 6.54 Å². The third-order valence-corrected chi connectivity index (χ3v) is 3.86. The van der Waals surface area contributed by atoms with E-state index < -0.39 is 0 Å². The molecule has 7 heteroatoms. The first kappa shape index (κ1) is 14.3. The number of carbonyl (C=O) groups excluding carboxylic acids is 1. The summed E-state index contributed by atoms with van der Waals surface area (Å²) in [7, 11) is 0. The number of hydrogen-bond donors (Lipinski definition) is 1. The van der Waals surface area contributed by atoms with Crippen LogP contribution in [-0.4, -0.2) is 22.2 Å². The number of furan rings is 1. The Morgan fingerprint density at radius 3 is 2.91 bits per heavy atom.